The van der Waals surface area contributed by atoms with Crippen molar-refractivity contribution >= 4 is 11.8 Å². The van der Waals surface area contributed by atoms with Crippen LogP contribution in [0.3, 0.4) is 0 Å². The fourth-order valence-corrected chi connectivity index (χ4v) is 2.66. The van der Waals surface area contributed by atoms with Crippen LogP contribution in [0.4, 0.5) is 0 Å². The molecule has 1 aliphatic rings. The maximum absolute atomic E-state index is 12.6. The van der Waals surface area contributed by atoms with Gasteiger partial charge in [0, 0.05) is 19.6 Å². The van der Waals surface area contributed by atoms with Gasteiger partial charge in [-0.3, -0.25) is 9.59 Å². The Kier molecular flexibility index (Phi) is 5.79. The van der Waals surface area contributed by atoms with Gasteiger partial charge in [0.25, 0.3) is 0 Å². The zero-order chi connectivity index (χ0) is 14.5. The number of carbonyl (C=O) groups excluding carboxylic acids is 2. The minimum atomic E-state index is -0.328. The van der Waals surface area contributed by atoms with Crippen LogP contribution in [-0.4, -0.2) is 49.4 Å². The lowest BCUT2D eigenvalue weighted by Gasteiger charge is -2.38. The van der Waals surface area contributed by atoms with E-state index in [1.807, 2.05) is 20.8 Å². The Morgan fingerprint density at radius 2 is 2.11 bits per heavy atom. The van der Waals surface area contributed by atoms with Crippen molar-refractivity contribution in [3.05, 3.63) is 0 Å². The van der Waals surface area contributed by atoms with Crippen LogP contribution < -0.4 is 10.6 Å². The maximum Gasteiger partial charge on any atom is 0.239 e. The van der Waals surface area contributed by atoms with Crippen LogP contribution >= 0.6 is 0 Å². The third-order valence-corrected chi connectivity index (χ3v) is 3.78. The van der Waals surface area contributed by atoms with Gasteiger partial charge in [0.05, 0.1) is 12.0 Å². The number of nitrogens with zero attached hydrogens (tertiary/aromatic N) is 1. The molecule has 5 heteroatoms. The molecule has 0 aromatic heterocycles. The molecule has 1 aliphatic heterocycles. The third-order valence-electron chi connectivity index (χ3n) is 3.78. The molecule has 1 fully saturated rings. The van der Waals surface area contributed by atoms with E-state index in [2.05, 4.69) is 10.6 Å². The first kappa shape index (κ1) is 16.0. The molecule has 0 spiro atoms. The Hall–Kier alpha value is -1.10. The fourth-order valence-electron chi connectivity index (χ4n) is 2.66. The van der Waals surface area contributed by atoms with Gasteiger partial charge in [-0.2, -0.15) is 0 Å². The van der Waals surface area contributed by atoms with Crippen LogP contribution in [0.15, 0.2) is 0 Å². The second kappa shape index (κ2) is 6.89. The van der Waals surface area contributed by atoms with E-state index < -0.39 is 0 Å². The minimum Gasteiger partial charge on any atom is -0.352 e. The molecule has 0 radical (unpaired) electrons. The van der Waals surface area contributed by atoms with E-state index in [0.29, 0.717) is 0 Å². The summed E-state index contributed by atoms with van der Waals surface area (Å²) >= 11 is 0. The van der Waals surface area contributed by atoms with Crippen LogP contribution in [0.25, 0.3) is 0 Å². The van der Waals surface area contributed by atoms with Gasteiger partial charge in [0.2, 0.25) is 11.8 Å². The molecule has 0 saturated carbocycles. The SMILES string of the molecule is CCC1(C(=O)N(C)CC(=O)NC(C)C)CCCNC1. The lowest BCUT2D eigenvalue weighted by Crippen LogP contribution is -2.52. The van der Waals surface area contributed by atoms with Gasteiger partial charge in [-0.15, -0.1) is 0 Å². The molecule has 1 atom stereocenters. The third kappa shape index (κ3) is 4.20. The van der Waals surface area contributed by atoms with Gasteiger partial charge < -0.3 is 15.5 Å². The molecule has 1 heterocycles. The van der Waals surface area contributed by atoms with E-state index in [1.54, 1.807) is 11.9 Å². The summed E-state index contributed by atoms with van der Waals surface area (Å²) < 4.78 is 0. The maximum atomic E-state index is 12.6. The largest absolute Gasteiger partial charge is 0.352 e. The Balaban J connectivity index is 2.61. The van der Waals surface area contributed by atoms with Crippen molar-refractivity contribution in [2.24, 2.45) is 5.41 Å². The second-order valence-electron chi connectivity index (χ2n) is 5.80. The highest BCUT2D eigenvalue weighted by atomic mass is 16.2. The van der Waals surface area contributed by atoms with Gasteiger partial charge in [0.1, 0.15) is 0 Å². The first-order valence-electron chi connectivity index (χ1n) is 7.17. The smallest absolute Gasteiger partial charge is 0.239 e. The van der Waals surface area contributed by atoms with Gasteiger partial charge in [-0.25, -0.2) is 0 Å². The highest BCUT2D eigenvalue weighted by molar-refractivity contribution is 5.88. The number of nitrogens with one attached hydrogen (secondary N) is 2. The summed E-state index contributed by atoms with van der Waals surface area (Å²) in [5, 5.41) is 6.11. The fraction of sp³-hybridized carbons (Fsp3) is 0.857. The summed E-state index contributed by atoms with van der Waals surface area (Å²) in [4.78, 5) is 25.9. The zero-order valence-electron chi connectivity index (χ0n) is 12.6. The molecule has 0 aromatic carbocycles. The molecular weight excluding hydrogens is 242 g/mol. The predicted octanol–water partition coefficient (Wildman–Crippen LogP) is 0.749. The summed E-state index contributed by atoms with van der Waals surface area (Å²) in [6.07, 6.45) is 2.74. The first-order valence-corrected chi connectivity index (χ1v) is 7.17. The van der Waals surface area contributed by atoms with Crippen molar-refractivity contribution in [2.45, 2.75) is 46.1 Å². The molecule has 0 bridgehead atoms. The van der Waals surface area contributed by atoms with Crippen LogP contribution in [0.1, 0.15) is 40.0 Å². The quantitative estimate of drug-likeness (QED) is 0.774. The van der Waals surface area contributed by atoms with E-state index in [0.717, 1.165) is 32.4 Å². The Morgan fingerprint density at radius 1 is 1.42 bits per heavy atom. The van der Waals surface area contributed by atoms with Crippen LogP contribution in [0, 0.1) is 5.41 Å². The second-order valence-corrected chi connectivity index (χ2v) is 5.80. The zero-order valence-corrected chi connectivity index (χ0v) is 12.6. The van der Waals surface area contributed by atoms with Crippen molar-refractivity contribution in [3.63, 3.8) is 0 Å². The molecule has 1 unspecified atom stereocenters. The van der Waals surface area contributed by atoms with Crippen molar-refractivity contribution in [2.75, 3.05) is 26.7 Å². The average Bonchev–Trinajstić information content (AvgIpc) is 2.37. The number of rotatable bonds is 5. The Labute approximate surface area is 116 Å². The highest BCUT2D eigenvalue weighted by Gasteiger charge is 2.39. The predicted molar refractivity (Wildman–Crippen MR) is 75.7 cm³/mol. The number of carbonyl (C=O) groups is 2. The Bertz CT molecular complexity index is 323. The lowest BCUT2D eigenvalue weighted by atomic mass is 9.77. The molecule has 1 saturated heterocycles. The normalized spacial score (nSPS) is 23.2. The van der Waals surface area contributed by atoms with E-state index in [-0.39, 0.29) is 29.8 Å². The summed E-state index contributed by atoms with van der Waals surface area (Å²) in [6.45, 7) is 7.72. The molecule has 19 heavy (non-hydrogen) atoms. The summed E-state index contributed by atoms with van der Waals surface area (Å²) in [5.74, 6) is -0.0121. The highest BCUT2D eigenvalue weighted by Crippen LogP contribution is 2.31. The number of amides is 2. The van der Waals surface area contributed by atoms with Crippen LogP contribution in [-0.2, 0) is 9.59 Å². The molecule has 2 N–H and O–H groups in total. The molecule has 110 valence electrons. The topological polar surface area (TPSA) is 61.4 Å². The first-order chi connectivity index (χ1) is 8.91. The molecule has 1 rings (SSSR count). The van der Waals surface area contributed by atoms with Gasteiger partial charge in [-0.1, -0.05) is 6.92 Å². The monoisotopic (exact) mass is 269 g/mol. The van der Waals surface area contributed by atoms with Gasteiger partial charge in [-0.05, 0) is 39.7 Å². The van der Waals surface area contributed by atoms with Crippen molar-refractivity contribution in [1.82, 2.24) is 15.5 Å². The van der Waals surface area contributed by atoms with Gasteiger partial charge in [0.15, 0.2) is 0 Å². The van der Waals surface area contributed by atoms with E-state index in [1.165, 1.54) is 0 Å². The number of likely N-dealkylation sites (N-methyl/N-ethyl adjacent to an activating group) is 1. The number of hydrogen-bond acceptors (Lipinski definition) is 3. The van der Waals surface area contributed by atoms with Crippen LogP contribution in [0.5, 0.6) is 0 Å². The van der Waals surface area contributed by atoms with Crippen molar-refractivity contribution in [1.29, 1.82) is 0 Å². The van der Waals surface area contributed by atoms with E-state index in [4.69, 9.17) is 0 Å². The van der Waals surface area contributed by atoms with Crippen LogP contribution in [0.2, 0.25) is 0 Å². The van der Waals surface area contributed by atoms with Crippen molar-refractivity contribution < 1.29 is 9.59 Å². The summed E-state index contributed by atoms with van der Waals surface area (Å²) in [7, 11) is 1.72. The molecular formula is C14H27N3O2. The Morgan fingerprint density at radius 3 is 2.58 bits per heavy atom. The summed E-state index contributed by atoms with van der Waals surface area (Å²) in [5.41, 5.74) is -0.328. The van der Waals surface area contributed by atoms with E-state index >= 15 is 0 Å². The molecule has 0 aliphatic carbocycles. The summed E-state index contributed by atoms with van der Waals surface area (Å²) in [6, 6.07) is 0.104. The van der Waals surface area contributed by atoms with Crippen molar-refractivity contribution in [3.8, 4) is 0 Å². The lowest BCUT2D eigenvalue weighted by molar-refractivity contribution is -0.145. The number of hydrogen-bond donors (Lipinski definition) is 2. The average molecular weight is 269 g/mol. The number of piperidine rings is 1. The van der Waals surface area contributed by atoms with E-state index in [9.17, 15) is 9.59 Å². The molecule has 0 aromatic rings. The minimum absolute atomic E-state index is 0.0844. The molecule has 2 amide bonds. The van der Waals surface area contributed by atoms with Gasteiger partial charge >= 0.3 is 0 Å². The standard InChI is InChI=1S/C14H27N3O2/c1-5-14(7-6-8-15-10-14)13(19)17(4)9-12(18)16-11(2)3/h11,15H,5-10H2,1-4H3,(H,16,18). The molecule has 5 nitrogen and oxygen atoms in total.